The third-order valence-electron chi connectivity index (χ3n) is 9.51. The standard InChI is InChI=1S/C39H34N6O7/c1-48-27-16-12-25(13-17-27)39(24-8-4-3-5-9-24,26-14-18-28(49-2)19-15-26)50-21-32-31(52-45-37(46)29-10-6-7-11-30(29)38(45)47)20-33(51-32)44-23-43-34-35(40)41-22-42-36(34)44/h3-19,22-23,31-33H,20-21H2,1-2H3,(H2,40,41,42)/t31-,32+,33+/m0/s1. The third-order valence-corrected chi connectivity index (χ3v) is 9.51. The predicted octanol–water partition coefficient (Wildman–Crippen LogP) is 5.32. The molecule has 13 heteroatoms. The van der Waals surface area contributed by atoms with E-state index in [0.717, 1.165) is 21.8 Å². The van der Waals surface area contributed by atoms with Crippen molar-refractivity contribution in [1.82, 2.24) is 24.6 Å². The van der Waals surface area contributed by atoms with E-state index in [1.165, 1.54) is 6.33 Å². The summed E-state index contributed by atoms with van der Waals surface area (Å²) in [5, 5.41) is 0.817. The molecule has 2 aliphatic rings. The largest absolute Gasteiger partial charge is 0.497 e. The van der Waals surface area contributed by atoms with Gasteiger partial charge < -0.3 is 24.7 Å². The quantitative estimate of drug-likeness (QED) is 0.138. The first-order valence-corrected chi connectivity index (χ1v) is 16.6. The van der Waals surface area contributed by atoms with Crippen molar-refractivity contribution in [1.29, 1.82) is 0 Å². The number of hydrogen-bond acceptors (Lipinski definition) is 11. The molecular formula is C39H34N6O7. The molecule has 4 heterocycles. The maximum absolute atomic E-state index is 13.4. The molecule has 0 unspecified atom stereocenters. The highest BCUT2D eigenvalue weighted by Gasteiger charge is 2.46. The van der Waals surface area contributed by atoms with Gasteiger partial charge in [0.2, 0.25) is 0 Å². The first-order chi connectivity index (χ1) is 25.4. The number of carbonyl (C=O) groups excluding carboxylic acids is 2. The fourth-order valence-electron chi connectivity index (χ4n) is 6.89. The maximum Gasteiger partial charge on any atom is 0.285 e. The molecule has 1 saturated heterocycles. The fraction of sp³-hybridized carbons (Fsp3) is 0.205. The molecule has 2 N–H and O–H groups in total. The van der Waals surface area contributed by atoms with Gasteiger partial charge in [-0.05, 0) is 53.1 Å². The van der Waals surface area contributed by atoms with Gasteiger partial charge in [-0.1, -0.05) is 66.7 Å². The van der Waals surface area contributed by atoms with Crippen molar-refractivity contribution in [3.63, 3.8) is 0 Å². The Hall–Kier alpha value is -6.15. The van der Waals surface area contributed by atoms with E-state index >= 15 is 0 Å². The third kappa shape index (κ3) is 5.61. The summed E-state index contributed by atoms with van der Waals surface area (Å²) in [5.41, 5.74) is 8.86. The summed E-state index contributed by atoms with van der Waals surface area (Å²) in [6, 6.07) is 31.8. The number of anilines is 1. The number of imidazole rings is 1. The SMILES string of the molecule is COc1ccc(C(OC[C@H]2O[C@@H](n3cnc4c(N)ncnc43)C[C@@H]2ON2C(=O)c3ccccc3C2=O)(c2ccccc2)c2ccc(OC)cc2)cc1. The summed E-state index contributed by atoms with van der Waals surface area (Å²) >= 11 is 0. The van der Waals surface area contributed by atoms with Gasteiger partial charge in [0.05, 0.1) is 38.3 Å². The van der Waals surface area contributed by atoms with Gasteiger partial charge in [-0.25, -0.2) is 15.0 Å². The lowest BCUT2D eigenvalue weighted by atomic mass is 9.80. The van der Waals surface area contributed by atoms with E-state index in [0.29, 0.717) is 22.7 Å². The van der Waals surface area contributed by atoms with Crippen LogP contribution in [-0.4, -0.2) is 69.4 Å². The minimum Gasteiger partial charge on any atom is -0.497 e. The molecule has 52 heavy (non-hydrogen) atoms. The molecule has 2 aromatic heterocycles. The summed E-state index contributed by atoms with van der Waals surface area (Å²) in [7, 11) is 3.23. The van der Waals surface area contributed by atoms with Crippen LogP contribution in [0.1, 0.15) is 50.1 Å². The van der Waals surface area contributed by atoms with E-state index in [1.807, 2.05) is 78.9 Å². The van der Waals surface area contributed by atoms with Crippen LogP contribution in [-0.2, 0) is 19.9 Å². The van der Waals surface area contributed by atoms with Crippen LogP contribution in [0.3, 0.4) is 0 Å². The van der Waals surface area contributed by atoms with Crippen molar-refractivity contribution in [3.8, 4) is 11.5 Å². The van der Waals surface area contributed by atoms with Crippen LogP contribution in [0.4, 0.5) is 5.82 Å². The Morgan fingerprint density at radius 3 is 1.94 bits per heavy atom. The molecule has 13 nitrogen and oxygen atoms in total. The zero-order chi connectivity index (χ0) is 35.8. The molecule has 0 saturated carbocycles. The Morgan fingerprint density at radius 2 is 1.35 bits per heavy atom. The second kappa shape index (κ2) is 13.5. The number of benzene rings is 4. The number of nitrogen functional groups attached to an aromatic ring is 1. The molecule has 0 radical (unpaired) electrons. The van der Waals surface area contributed by atoms with Crippen molar-refractivity contribution in [3.05, 3.63) is 144 Å². The summed E-state index contributed by atoms with van der Waals surface area (Å²) in [6.45, 7) is -0.0267. The number of amides is 2. The van der Waals surface area contributed by atoms with Crippen LogP contribution in [0.25, 0.3) is 11.2 Å². The Labute approximate surface area is 298 Å². The Morgan fingerprint density at radius 1 is 0.769 bits per heavy atom. The van der Waals surface area contributed by atoms with E-state index < -0.39 is 35.9 Å². The van der Waals surface area contributed by atoms with Crippen LogP contribution in [0.5, 0.6) is 11.5 Å². The molecule has 6 aromatic rings. The highest BCUT2D eigenvalue weighted by molar-refractivity contribution is 6.20. The predicted molar refractivity (Wildman–Crippen MR) is 188 cm³/mol. The highest BCUT2D eigenvalue weighted by atomic mass is 16.7. The molecular weight excluding hydrogens is 664 g/mol. The summed E-state index contributed by atoms with van der Waals surface area (Å²) in [6.07, 6.45) is 0.887. The summed E-state index contributed by atoms with van der Waals surface area (Å²) in [4.78, 5) is 46.1. The van der Waals surface area contributed by atoms with Gasteiger partial charge in [0, 0.05) is 6.42 Å². The van der Waals surface area contributed by atoms with Gasteiger partial charge in [0.25, 0.3) is 11.8 Å². The van der Waals surface area contributed by atoms with Crippen molar-refractivity contribution >= 4 is 28.8 Å². The zero-order valence-electron chi connectivity index (χ0n) is 28.3. The fourth-order valence-corrected chi connectivity index (χ4v) is 6.89. The molecule has 2 amide bonds. The van der Waals surface area contributed by atoms with E-state index in [1.54, 1.807) is 49.4 Å². The lowest BCUT2D eigenvalue weighted by Gasteiger charge is -2.37. The molecule has 4 aromatic carbocycles. The monoisotopic (exact) mass is 698 g/mol. The van der Waals surface area contributed by atoms with Crippen molar-refractivity contribution < 1.29 is 33.4 Å². The lowest BCUT2D eigenvalue weighted by Crippen LogP contribution is -2.42. The lowest BCUT2D eigenvalue weighted by molar-refractivity contribution is -0.165. The normalized spacial score (nSPS) is 18.6. The van der Waals surface area contributed by atoms with E-state index in [9.17, 15) is 9.59 Å². The summed E-state index contributed by atoms with van der Waals surface area (Å²) < 4.78 is 26.6. The van der Waals surface area contributed by atoms with Crippen molar-refractivity contribution in [2.75, 3.05) is 26.6 Å². The topological polar surface area (TPSA) is 153 Å². The Kier molecular flexibility index (Phi) is 8.59. The Balaban J connectivity index is 1.19. The average molecular weight is 699 g/mol. The number of methoxy groups -OCH3 is 2. The minimum atomic E-state index is -1.16. The number of fused-ring (bicyclic) bond motifs is 2. The van der Waals surface area contributed by atoms with E-state index in [-0.39, 0.29) is 30.0 Å². The Bertz CT molecular complexity index is 2160. The zero-order valence-corrected chi connectivity index (χ0v) is 28.3. The molecule has 3 atom stereocenters. The van der Waals surface area contributed by atoms with Crippen molar-refractivity contribution in [2.45, 2.75) is 30.5 Å². The van der Waals surface area contributed by atoms with Gasteiger partial charge >= 0.3 is 0 Å². The molecule has 262 valence electrons. The van der Waals surface area contributed by atoms with Crippen molar-refractivity contribution in [2.24, 2.45) is 0 Å². The molecule has 0 bridgehead atoms. The van der Waals surface area contributed by atoms with Gasteiger partial charge in [0.15, 0.2) is 11.5 Å². The minimum absolute atomic E-state index is 0.0267. The number of carbonyl (C=O) groups is 2. The molecule has 0 aliphatic carbocycles. The molecule has 1 fully saturated rings. The number of hydroxylamine groups is 2. The van der Waals surface area contributed by atoms with Gasteiger partial charge in [-0.15, -0.1) is 5.06 Å². The maximum atomic E-state index is 13.4. The highest BCUT2D eigenvalue weighted by Crippen LogP contribution is 2.43. The number of rotatable bonds is 11. The number of imide groups is 1. The van der Waals surface area contributed by atoms with E-state index in [4.69, 9.17) is 29.5 Å². The average Bonchev–Trinajstić information content (AvgIpc) is 3.88. The van der Waals surface area contributed by atoms with Crippen LogP contribution in [0, 0.1) is 0 Å². The molecule has 0 spiro atoms. The number of nitrogens with zero attached hydrogens (tertiary/aromatic N) is 5. The number of nitrogens with two attached hydrogens (primary N) is 1. The smallest absolute Gasteiger partial charge is 0.285 e. The van der Waals surface area contributed by atoms with Crippen LogP contribution in [0.15, 0.2) is 116 Å². The summed E-state index contributed by atoms with van der Waals surface area (Å²) in [5.74, 6) is 0.509. The van der Waals surface area contributed by atoms with Gasteiger partial charge in [-0.3, -0.25) is 19.0 Å². The van der Waals surface area contributed by atoms with E-state index in [2.05, 4.69) is 15.0 Å². The molecule has 2 aliphatic heterocycles. The number of ether oxygens (including phenoxy) is 4. The van der Waals surface area contributed by atoms with Gasteiger partial charge in [0.1, 0.15) is 47.4 Å². The van der Waals surface area contributed by atoms with Gasteiger partial charge in [-0.2, -0.15) is 0 Å². The number of hydrogen-bond donors (Lipinski definition) is 1. The van der Waals surface area contributed by atoms with Crippen LogP contribution < -0.4 is 15.2 Å². The van der Waals surface area contributed by atoms with Crippen LogP contribution in [0.2, 0.25) is 0 Å². The second-order valence-corrected chi connectivity index (χ2v) is 12.4. The first-order valence-electron chi connectivity index (χ1n) is 16.6. The number of aromatic nitrogens is 4. The van der Waals surface area contributed by atoms with Crippen LogP contribution >= 0.6 is 0 Å². The molecule has 8 rings (SSSR count). The first kappa shape index (κ1) is 33.0. The second-order valence-electron chi connectivity index (χ2n) is 12.4.